The summed E-state index contributed by atoms with van der Waals surface area (Å²) in [5, 5.41) is 0. The molecule has 4 atom stereocenters. The number of rotatable bonds is 7. The molecule has 0 aromatic heterocycles. The Morgan fingerprint density at radius 3 is 1.37 bits per heavy atom. The van der Waals surface area contributed by atoms with E-state index in [0.717, 1.165) is 11.4 Å². The van der Waals surface area contributed by atoms with Crippen LogP contribution in [-0.4, -0.2) is 11.6 Å². The van der Waals surface area contributed by atoms with Crippen LogP contribution >= 0.6 is 11.6 Å². The number of fused-ring (bicyclic) bond motifs is 4. The maximum atomic E-state index is 7.22. The SMILES string of the molecule is ClCC1(c2ccc(N(c3ccccc3)c3ccccc3)cc2)C2CCC1C1CCC2C12C=CC(=[N+](c1ccccc1)c1ccccc1)C=C2. The molecule has 3 heteroatoms. The molecule has 1 spiro atoms. The topological polar surface area (TPSA) is 6.25 Å². The first-order valence-electron chi connectivity index (χ1n) is 18.0. The average molecular weight is 658 g/mol. The number of benzene rings is 5. The number of hydrogen-bond acceptors (Lipinski definition) is 1. The minimum Gasteiger partial charge on any atom is -0.311 e. The van der Waals surface area contributed by atoms with Gasteiger partial charge in [0.05, 0.1) is 0 Å². The van der Waals surface area contributed by atoms with Crippen molar-refractivity contribution in [3.05, 3.63) is 175 Å². The first-order valence-corrected chi connectivity index (χ1v) is 18.5. The summed E-state index contributed by atoms with van der Waals surface area (Å²) in [6.45, 7) is 0. The zero-order valence-corrected chi connectivity index (χ0v) is 28.5. The lowest BCUT2D eigenvalue weighted by Gasteiger charge is -2.55. The fourth-order valence-corrected chi connectivity index (χ4v) is 11.1. The Morgan fingerprint density at radius 2 is 0.918 bits per heavy atom. The molecule has 0 aliphatic heterocycles. The molecule has 9 rings (SSSR count). The van der Waals surface area contributed by atoms with Gasteiger partial charge < -0.3 is 4.90 Å². The highest BCUT2D eigenvalue weighted by molar-refractivity contribution is 6.19. The van der Waals surface area contributed by atoms with Crippen LogP contribution in [0.4, 0.5) is 28.4 Å². The minimum atomic E-state index is 0.00722. The zero-order chi connectivity index (χ0) is 32.8. The van der Waals surface area contributed by atoms with Crippen LogP contribution in [0.25, 0.3) is 0 Å². The fraction of sp³-hybridized carbons (Fsp3) is 0.239. The summed E-state index contributed by atoms with van der Waals surface area (Å²) in [6, 6.07) is 52.4. The molecule has 4 unspecified atom stereocenters. The summed E-state index contributed by atoms with van der Waals surface area (Å²) in [6.07, 6.45) is 15.2. The number of allylic oxidation sites excluding steroid dienone is 4. The molecular formula is C46H42ClN2+. The van der Waals surface area contributed by atoms with Gasteiger partial charge in [0.15, 0.2) is 0 Å². The van der Waals surface area contributed by atoms with Crippen LogP contribution in [0, 0.1) is 29.1 Å². The van der Waals surface area contributed by atoms with Crippen molar-refractivity contribution in [1.29, 1.82) is 0 Å². The number of nitrogens with zero attached hydrogens (tertiary/aromatic N) is 2. The van der Waals surface area contributed by atoms with E-state index in [4.69, 9.17) is 11.6 Å². The molecule has 0 amide bonds. The summed E-state index contributed by atoms with van der Waals surface area (Å²) < 4.78 is 2.39. The third kappa shape index (κ3) is 4.79. The molecule has 3 saturated carbocycles. The van der Waals surface area contributed by atoms with Gasteiger partial charge in [-0.25, -0.2) is 0 Å². The van der Waals surface area contributed by atoms with Gasteiger partial charge in [0.1, 0.15) is 0 Å². The van der Waals surface area contributed by atoms with Gasteiger partial charge in [0.2, 0.25) is 17.1 Å². The number of anilines is 3. The van der Waals surface area contributed by atoms with Crippen LogP contribution in [0.2, 0.25) is 0 Å². The van der Waals surface area contributed by atoms with Gasteiger partial charge in [0, 0.05) is 70.2 Å². The van der Waals surface area contributed by atoms with Crippen molar-refractivity contribution in [1.82, 2.24) is 4.58 Å². The summed E-state index contributed by atoms with van der Waals surface area (Å²) in [5.41, 5.74) is 8.63. The second-order valence-electron chi connectivity index (χ2n) is 14.4. The Kier molecular flexibility index (Phi) is 7.66. The van der Waals surface area contributed by atoms with E-state index in [1.54, 1.807) is 0 Å². The Labute approximate surface area is 295 Å². The van der Waals surface area contributed by atoms with Gasteiger partial charge in [-0.2, -0.15) is 4.58 Å². The molecule has 2 nitrogen and oxygen atoms in total. The minimum absolute atomic E-state index is 0.00722. The lowest BCUT2D eigenvalue weighted by molar-refractivity contribution is 0.0380. The molecule has 3 fully saturated rings. The Morgan fingerprint density at radius 1 is 0.510 bits per heavy atom. The van der Waals surface area contributed by atoms with E-state index in [2.05, 4.69) is 179 Å². The Hall–Kier alpha value is -4.66. The lowest BCUT2D eigenvalue weighted by atomic mass is 9.49. The van der Waals surface area contributed by atoms with E-state index in [0.29, 0.717) is 29.6 Å². The van der Waals surface area contributed by atoms with E-state index >= 15 is 0 Å². The first-order chi connectivity index (χ1) is 24.2. The van der Waals surface area contributed by atoms with Crippen LogP contribution in [0.5, 0.6) is 0 Å². The van der Waals surface area contributed by atoms with E-state index in [-0.39, 0.29) is 10.8 Å². The zero-order valence-electron chi connectivity index (χ0n) is 27.8. The molecule has 0 N–H and O–H groups in total. The van der Waals surface area contributed by atoms with Gasteiger partial charge in [0.25, 0.3) is 0 Å². The molecule has 4 bridgehead atoms. The van der Waals surface area contributed by atoms with Crippen LogP contribution in [-0.2, 0) is 5.41 Å². The number of hydrogen-bond donors (Lipinski definition) is 0. The van der Waals surface area contributed by atoms with E-state index in [1.165, 1.54) is 54.0 Å². The average Bonchev–Trinajstić information content (AvgIpc) is 3.63. The maximum Gasteiger partial charge on any atom is 0.211 e. The Bertz CT molecular complexity index is 1900. The van der Waals surface area contributed by atoms with Crippen molar-refractivity contribution < 1.29 is 0 Å². The first kappa shape index (κ1) is 30.4. The molecule has 5 aromatic rings. The maximum absolute atomic E-state index is 7.22. The molecule has 242 valence electrons. The van der Waals surface area contributed by atoms with Crippen LogP contribution in [0.3, 0.4) is 0 Å². The molecule has 0 saturated heterocycles. The third-order valence-corrected chi connectivity index (χ3v) is 12.9. The highest BCUT2D eigenvalue weighted by atomic mass is 35.5. The number of halogens is 1. The smallest absolute Gasteiger partial charge is 0.211 e. The van der Waals surface area contributed by atoms with Gasteiger partial charge in [-0.15, -0.1) is 11.6 Å². The predicted octanol–water partition coefficient (Wildman–Crippen LogP) is 11.8. The molecule has 0 radical (unpaired) electrons. The van der Waals surface area contributed by atoms with Crippen molar-refractivity contribution in [3.63, 3.8) is 0 Å². The molecule has 0 heterocycles. The molecule has 5 aromatic carbocycles. The lowest BCUT2D eigenvalue weighted by Crippen LogP contribution is -2.54. The van der Waals surface area contributed by atoms with Gasteiger partial charge in [-0.1, -0.05) is 97.1 Å². The van der Waals surface area contributed by atoms with Crippen LogP contribution in [0.1, 0.15) is 31.2 Å². The highest BCUT2D eigenvalue weighted by Crippen LogP contribution is 2.73. The van der Waals surface area contributed by atoms with Crippen molar-refractivity contribution in [3.8, 4) is 0 Å². The fourth-order valence-electron chi connectivity index (χ4n) is 10.5. The van der Waals surface area contributed by atoms with E-state index in [1.807, 2.05) is 0 Å². The quantitative estimate of drug-likeness (QED) is 0.125. The predicted molar refractivity (Wildman–Crippen MR) is 206 cm³/mol. The second-order valence-corrected chi connectivity index (χ2v) is 14.7. The van der Waals surface area contributed by atoms with E-state index in [9.17, 15) is 0 Å². The molecule has 4 aliphatic rings. The summed E-state index contributed by atoms with van der Waals surface area (Å²) >= 11 is 7.22. The second kappa shape index (κ2) is 12.3. The third-order valence-electron chi connectivity index (χ3n) is 12.4. The van der Waals surface area contributed by atoms with Crippen molar-refractivity contribution in [2.45, 2.75) is 31.1 Å². The van der Waals surface area contributed by atoms with Crippen molar-refractivity contribution in [2.75, 3.05) is 10.8 Å². The van der Waals surface area contributed by atoms with Crippen molar-refractivity contribution in [2.24, 2.45) is 29.1 Å². The molecule has 4 aliphatic carbocycles. The largest absolute Gasteiger partial charge is 0.311 e. The van der Waals surface area contributed by atoms with Crippen molar-refractivity contribution >= 4 is 45.7 Å². The van der Waals surface area contributed by atoms with E-state index < -0.39 is 0 Å². The standard InChI is InChI=1S/C46H42ClN2/c47-33-46(34-21-23-39(24-22-34)48(35-13-5-1-6-14-35)36-15-7-2-8-16-36)43-27-28-44(46)42-26-25-41(43)45(42)31-29-40(30-32-45)49(37-17-9-3-10-18-37)38-19-11-4-12-20-38/h1-24,29-32,41-44H,25-28,33H2/q+1. The van der Waals surface area contributed by atoms with Crippen LogP contribution in [0.15, 0.2) is 170 Å². The Balaban J connectivity index is 1.07. The van der Waals surface area contributed by atoms with Crippen LogP contribution < -0.4 is 9.48 Å². The highest BCUT2D eigenvalue weighted by Gasteiger charge is 2.68. The van der Waals surface area contributed by atoms with Gasteiger partial charge >= 0.3 is 0 Å². The monoisotopic (exact) mass is 657 g/mol. The summed E-state index contributed by atoms with van der Waals surface area (Å²) in [5.74, 6) is 3.00. The summed E-state index contributed by atoms with van der Waals surface area (Å²) in [7, 11) is 0. The molecular weight excluding hydrogens is 616 g/mol. The van der Waals surface area contributed by atoms with Gasteiger partial charge in [-0.05, 0) is 91.3 Å². The summed E-state index contributed by atoms with van der Waals surface area (Å²) in [4.78, 5) is 2.35. The molecule has 49 heavy (non-hydrogen) atoms. The van der Waals surface area contributed by atoms with Gasteiger partial charge in [-0.3, -0.25) is 0 Å². The number of para-hydroxylation sites is 4. The normalized spacial score (nSPS) is 27.8. The number of alkyl halides is 1.